The molecule has 2 aromatic carbocycles. The molecule has 120 valence electrons. The Kier molecular flexibility index (Phi) is 4.25. The number of hydrogen-bond donors (Lipinski definition) is 1. The van der Waals surface area contributed by atoms with Gasteiger partial charge in [0.05, 0.1) is 0 Å². The van der Waals surface area contributed by atoms with E-state index in [9.17, 15) is 8.78 Å². The van der Waals surface area contributed by atoms with Gasteiger partial charge in [-0.1, -0.05) is 0 Å². The number of aromatic nitrogens is 1. The first-order valence-corrected chi connectivity index (χ1v) is 7.27. The maximum Gasteiger partial charge on any atom is 0.227 e. The Hall–Kier alpha value is -2.47. The van der Waals surface area contributed by atoms with Crippen LogP contribution in [0.1, 0.15) is 0 Å². The van der Waals surface area contributed by atoms with Gasteiger partial charge in [-0.15, -0.1) is 0 Å². The van der Waals surface area contributed by atoms with Gasteiger partial charge >= 0.3 is 0 Å². The molecule has 23 heavy (non-hydrogen) atoms. The molecule has 0 radical (unpaired) electrons. The number of oxazole rings is 1. The highest BCUT2D eigenvalue weighted by Crippen LogP contribution is 2.27. The normalized spacial score (nSPS) is 11.3. The summed E-state index contributed by atoms with van der Waals surface area (Å²) < 4.78 is 32.2. The Balaban J connectivity index is 1.86. The van der Waals surface area contributed by atoms with Crippen LogP contribution in [0.2, 0.25) is 0 Å². The van der Waals surface area contributed by atoms with Crippen LogP contribution in [-0.2, 0) is 0 Å². The predicted octanol–water partition coefficient (Wildman–Crippen LogP) is 3.75. The fourth-order valence-corrected chi connectivity index (χ4v) is 2.26. The molecule has 1 N–H and O–H groups in total. The fraction of sp³-hybridized carbons (Fsp3) is 0.235. The van der Waals surface area contributed by atoms with Gasteiger partial charge in [-0.3, -0.25) is 0 Å². The van der Waals surface area contributed by atoms with Crippen LogP contribution in [0.15, 0.2) is 40.8 Å². The molecule has 1 heterocycles. The van der Waals surface area contributed by atoms with Crippen LogP contribution in [0.25, 0.3) is 22.6 Å². The van der Waals surface area contributed by atoms with E-state index in [-0.39, 0.29) is 11.5 Å². The first kappa shape index (κ1) is 15.4. The van der Waals surface area contributed by atoms with E-state index in [0.29, 0.717) is 11.1 Å². The summed E-state index contributed by atoms with van der Waals surface area (Å²) in [5.41, 5.74) is 2.41. The Labute approximate surface area is 132 Å². The molecule has 0 aliphatic carbocycles. The molecule has 0 fully saturated rings. The lowest BCUT2D eigenvalue weighted by atomic mass is 10.2. The standard InChI is InChI=1S/C17H17F2N3O/c1-22(2)6-5-20-14-3-4-16-15(10-14)21-17(23-16)11-7-12(18)9-13(19)8-11/h3-4,7-10,20H,5-6H2,1-2H3. The third-order valence-corrected chi connectivity index (χ3v) is 3.39. The number of rotatable bonds is 5. The van der Waals surface area contributed by atoms with Crippen LogP contribution in [0.3, 0.4) is 0 Å². The minimum absolute atomic E-state index is 0.198. The van der Waals surface area contributed by atoms with Gasteiger partial charge in [0, 0.05) is 30.4 Å². The molecule has 4 nitrogen and oxygen atoms in total. The third kappa shape index (κ3) is 3.65. The Morgan fingerprint density at radius 1 is 1.09 bits per heavy atom. The van der Waals surface area contributed by atoms with E-state index in [1.807, 2.05) is 26.2 Å². The second-order valence-electron chi connectivity index (χ2n) is 5.59. The summed E-state index contributed by atoms with van der Waals surface area (Å²) in [7, 11) is 4.01. The van der Waals surface area contributed by atoms with Crippen molar-refractivity contribution in [2.75, 3.05) is 32.5 Å². The predicted molar refractivity (Wildman–Crippen MR) is 86.4 cm³/mol. The molecule has 3 rings (SSSR count). The van der Waals surface area contributed by atoms with E-state index in [4.69, 9.17) is 4.42 Å². The lowest BCUT2D eigenvalue weighted by Gasteiger charge is -2.10. The van der Waals surface area contributed by atoms with E-state index in [2.05, 4.69) is 15.2 Å². The largest absolute Gasteiger partial charge is 0.436 e. The smallest absolute Gasteiger partial charge is 0.227 e. The van der Waals surface area contributed by atoms with Crippen molar-refractivity contribution in [3.63, 3.8) is 0 Å². The lowest BCUT2D eigenvalue weighted by molar-refractivity contribution is 0.425. The molecular weight excluding hydrogens is 300 g/mol. The van der Waals surface area contributed by atoms with Gasteiger partial charge in [0.1, 0.15) is 17.2 Å². The molecule has 0 aliphatic rings. The molecule has 6 heteroatoms. The van der Waals surface area contributed by atoms with Gasteiger partial charge in [-0.25, -0.2) is 13.8 Å². The van der Waals surface area contributed by atoms with Gasteiger partial charge in [0.15, 0.2) is 5.58 Å². The maximum atomic E-state index is 13.3. The summed E-state index contributed by atoms with van der Waals surface area (Å²) >= 11 is 0. The zero-order chi connectivity index (χ0) is 16.4. The number of fused-ring (bicyclic) bond motifs is 1. The Morgan fingerprint density at radius 2 is 1.83 bits per heavy atom. The average molecular weight is 317 g/mol. The number of benzene rings is 2. The highest BCUT2D eigenvalue weighted by Gasteiger charge is 2.11. The highest BCUT2D eigenvalue weighted by molar-refractivity contribution is 5.80. The second-order valence-corrected chi connectivity index (χ2v) is 5.59. The van der Waals surface area contributed by atoms with Gasteiger partial charge in [-0.05, 0) is 44.4 Å². The molecule has 0 amide bonds. The van der Waals surface area contributed by atoms with Crippen molar-refractivity contribution in [3.8, 4) is 11.5 Å². The lowest BCUT2D eigenvalue weighted by Crippen LogP contribution is -2.20. The van der Waals surface area contributed by atoms with Gasteiger partial charge in [0.2, 0.25) is 5.89 Å². The summed E-state index contributed by atoms with van der Waals surface area (Å²) in [5, 5.41) is 3.29. The monoisotopic (exact) mass is 317 g/mol. The highest BCUT2D eigenvalue weighted by atomic mass is 19.1. The molecule has 0 spiro atoms. The van der Waals surface area contributed by atoms with Crippen molar-refractivity contribution < 1.29 is 13.2 Å². The average Bonchev–Trinajstić information content (AvgIpc) is 2.89. The first-order valence-electron chi connectivity index (χ1n) is 7.27. The maximum absolute atomic E-state index is 13.3. The van der Waals surface area contributed by atoms with Crippen molar-refractivity contribution >= 4 is 16.8 Å². The molecule has 3 aromatic rings. The minimum atomic E-state index is -0.659. The van der Waals surface area contributed by atoms with E-state index in [1.165, 1.54) is 12.1 Å². The molecular formula is C17H17F2N3O. The van der Waals surface area contributed by atoms with E-state index >= 15 is 0 Å². The topological polar surface area (TPSA) is 41.3 Å². The summed E-state index contributed by atoms with van der Waals surface area (Å²) in [5.74, 6) is -1.12. The molecule has 0 bridgehead atoms. The molecule has 0 aliphatic heterocycles. The molecule has 0 unspecified atom stereocenters. The van der Waals surface area contributed by atoms with Crippen LogP contribution >= 0.6 is 0 Å². The third-order valence-electron chi connectivity index (χ3n) is 3.39. The number of hydrogen-bond acceptors (Lipinski definition) is 4. The van der Waals surface area contributed by atoms with Crippen molar-refractivity contribution in [2.24, 2.45) is 0 Å². The molecule has 1 aromatic heterocycles. The van der Waals surface area contributed by atoms with Crippen molar-refractivity contribution in [2.45, 2.75) is 0 Å². The number of halogens is 2. The first-order chi connectivity index (χ1) is 11.0. The van der Waals surface area contributed by atoms with Crippen molar-refractivity contribution in [3.05, 3.63) is 48.0 Å². The van der Waals surface area contributed by atoms with Crippen LogP contribution in [0.4, 0.5) is 14.5 Å². The number of anilines is 1. The van der Waals surface area contributed by atoms with Gasteiger partial charge in [-0.2, -0.15) is 0 Å². The van der Waals surface area contributed by atoms with Crippen LogP contribution in [0, 0.1) is 11.6 Å². The molecule has 0 saturated heterocycles. The summed E-state index contributed by atoms with van der Waals surface area (Å²) in [6, 6.07) is 8.75. The quantitative estimate of drug-likeness (QED) is 0.778. The summed E-state index contributed by atoms with van der Waals surface area (Å²) in [4.78, 5) is 6.40. The van der Waals surface area contributed by atoms with Crippen LogP contribution in [-0.4, -0.2) is 37.1 Å². The zero-order valence-electron chi connectivity index (χ0n) is 12.9. The van der Waals surface area contributed by atoms with Gasteiger partial charge < -0.3 is 14.6 Å². The summed E-state index contributed by atoms with van der Waals surface area (Å²) in [6.07, 6.45) is 0. The molecule has 0 atom stereocenters. The van der Waals surface area contributed by atoms with Crippen LogP contribution in [0.5, 0.6) is 0 Å². The number of nitrogens with zero attached hydrogens (tertiary/aromatic N) is 2. The minimum Gasteiger partial charge on any atom is -0.436 e. The van der Waals surface area contributed by atoms with Crippen LogP contribution < -0.4 is 5.32 Å². The number of likely N-dealkylation sites (N-methyl/N-ethyl adjacent to an activating group) is 1. The summed E-state index contributed by atoms with van der Waals surface area (Å²) in [6.45, 7) is 1.71. The van der Waals surface area contributed by atoms with Gasteiger partial charge in [0.25, 0.3) is 0 Å². The van der Waals surface area contributed by atoms with E-state index in [1.54, 1.807) is 6.07 Å². The van der Waals surface area contributed by atoms with E-state index in [0.717, 1.165) is 24.8 Å². The zero-order valence-corrected chi connectivity index (χ0v) is 12.9. The number of nitrogens with one attached hydrogen (secondary N) is 1. The SMILES string of the molecule is CN(C)CCNc1ccc2oc(-c3cc(F)cc(F)c3)nc2c1. The van der Waals surface area contributed by atoms with Crippen molar-refractivity contribution in [1.82, 2.24) is 9.88 Å². The molecule has 0 saturated carbocycles. The van der Waals surface area contributed by atoms with Crippen molar-refractivity contribution in [1.29, 1.82) is 0 Å². The second kappa shape index (κ2) is 6.34. The Morgan fingerprint density at radius 3 is 2.52 bits per heavy atom. The Bertz CT molecular complexity index is 810. The van der Waals surface area contributed by atoms with E-state index < -0.39 is 11.6 Å². The fourth-order valence-electron chi connectivity index (χ4n) is 2.26.